The van der Waals surface area contributed by atoms with Crippen LogP contribution in [0.5, 0.6) is 6.01 Å². The van der Waals surface area contributed by atoms with Gasteiger partial charge in [-0.3, -0.25) is 9.47 Å². The normalized spacial score (nSPS) is 20.9. The molecule has 2 aromatic heterocycles. The zero-order valence-electron chi connectivity index (χ0n) is 15.7. The topological polar surface area (TPSA) is 99.5 Å². The Balaban J connectivity index is 1.28. The highest BCUT2D eigenvalue weighted by Gasteiger charge is 2.42. The maximum Gasteiger partial charge on any atom is 0.415 e. The standard InChI is InChI=1S/C19H18FN5O4/c1-19(11-24-9-16(25(26)27)22-18(24)29-19)10-23-7-6-14-15(8-23)28-17(21-14)12-2-4-13(20)5-3-12/h2-5,9H,6-8,10-11H2,1H3/t19-/m0/s1. The Morgan fingerprint density at radius 3 is 2.83 bits per heavy atom. The van der Waals surface area contributed by atoms with E-state index >= 15 is 0 Å². The van der Waals surface area contributed by atoms with Gasteiger partial charge in [-0.05, 0) is 36.1 Å². The average molecular weight is 399 g/mol. The molecule has 0 unspecified atom stereocenters. The molecule has 0 fully saturated rings. The van der Waals surface area contributed by atoms with Gasteiger partial charge in [0.25, 0.3) is 0 Å². The summed E-state index contributed by atoms with van der Waals surface area (Å²) in [6.45, 7) is 4.46. The van der Waals surface area contributed by atoms with Crippen LogP contribution in [0.1, 0.15) is 18.4 Å². The molecule has 2 aliphatic heterocycles. The number of ether oxygens (including phenoxy) is 1. The lowest BCUT2D eigenvalue weighted by Crippen LogP contribution is -2.46. The van der Waals surface area contributed by atoms with E-state index in [-0.39, 0.29) is 17.6 Å². The largest absolute Gasteiger partial charge is 0.440 e. The Kier molecular flexibility index (Phi) is 3.91. The van der Waals surface area contributed by atoms with Gasteiger partial charge in [-0.1, -0.05) is 0 Å². The molecule has 9 nitrogen and oxygen atoms in total. The third kappa shape index (κ3) is 3.25. The van der Waals surface area contributed by atoms with Crippen LogP contribution in [0.3, 0.4) is 0 Å². The van der Waals surface area contributed by atoms with Crippen molar-refractivity contribution in [3.63, 3.8) is 0 Å². The first-order valence-corrected chi connectivity index (χ1v) is 9.26. The number of nitrogens with zero attached hydrogens (tertiary/aromatic N) is 5. The highest BCUT2D eigenvalue weighted by molar-refractivity contribution is 5.53. The lowest BCUT2D eigenvalue weighted by atomic mass is 10.0. The van der Waals surface area contributed by atoms with Gasteiger partial charge in [0.1, 0.15) is 23.4 Å². The molecule has 0 spiro atoms. The fraction of sp³-hybridized carbons (Fsp3) is 0.368. The molecule has 0 aliphatic carbocycles. The van der Waals surface area contributed by atoms with Gasteiger partial charge in [-0.25, -0.2) is 9.37 Å². The van der Waals surface area contributed by atoms with E-state index in [0.29, 0.717) is 25.5 Å². The van der Waals surface area contributed by atoms with Gasteiger partial charge < -0.3 is 19.3 Å². The van der Waals surface area contributed by atoms with E-state index in [2.05, 4.69) is 14.9 Å². The number of nitro groups is 1. The quantitative estimate of drug-likeness (QED) is 0.491. The van der Waals surface area contributed by atoms with Crippen molar-refractivity contribution in [1.82, 2.24) is 19.4 Å². The summed E-state index contributed by atoms with van der Waals surface area (Å²) in [5, 5.41) is 10.9. The number of rotatable bonds is 4. The predicted molar refractivity (Wildman–Crippen MR) is 98.8 cm³/mol. The van der Waals surface area contributed by atoms with Crippen LogP contribution in [0.25, 0.3) is 11.5 Å². The van der Waals surface area contributed by atoms with Crippen LogP contribution in [0.15, 0.2) is 34.9 Å². The molecule has 0 radical (unpaired) electrons. The fourth-order valence-electron chi connectivity index (χ4n) is 3.94. The summed E-state index contributed by atoms with van der Waals surface area (Å²) in [6, 6.07) is 6.35. The van der Waals surface area contributed by atoms with Crippen molar-refractivity contribution >= 4 is 5.82 Å². The van der Waals surface area contributed by atoms with E-state index in [0.717, 1.165) is 30.0 Å². The molecule has 0 N–H and O–H groups in total. The summed E-state index contributed by atoms with van der Waals surface area (Å²) < 4.78 is 26.7. The van der Waals surface area contributed by atoms with Crippen molar-refractivity contribution in [2.75, 3.05) is 13.1 Å². The molecule has 2 aliphatic rings. The Labute approximate surface area is 164 Å². The minimum absolute atomic E-state index is 0.209. The average Bonchev–Trinajstić information content (AvgIpc) is 3.33. The molecular weight excluding hydrogens is 381 g/mol. The van der Waals surface area contributed by atoms with E-state index in [9.17, 15) is 14.5 Å². The van der Waals surface area contributed by atoms with E-state index in [4.69, 9.17) is 9.15 Å². The first kappa shape index (κ1) is 17.8. The van der Waals surface area contributed by atoms with Gasteiger partial charge in [-0.15, -0.1) is 0 Å². The maximum absolute atomic E-state index is 13.1. The Morgan fingerprint density at radius 1 is 1.31 bits per heavy atom. The summed E-state index contributed by atoms with van der Waals surface area (Å²) >= 11 is 0. The van der Waals surface area contributed by atoms with E-state index in [1.165, 1.54) is 18.3 Å². The van der Waals surface area contributed by atoms with Crippen LogP contribution in [0.2, 0.25) is 0 Å². The predicted octanol–water partition coefficient (Wildman–Crippen LogP) is 2.79. The summed E-state index contributed by atoms with van der Waals surface area (Å²) in [7, 11) is 0. The van der Waals surface area contributed by atoms with Crippen LogP contribution in [0, 0.1) is 15.9 Å². The number of oxazole rings is 1. The zero-order chi connectivity index (χ0) is 20.2. The van der Waals surface area contributed by atoms with Crippen molar-refractivity contribution in [1.29, 1.82) is 0 Å². The minimum atomic E-state index is -0.533. The van der Waals surface area contributed by atoms with Crippen LogP contribution in [-0.2, 0) is 19.5 Å². The third-order valence-corrected chi connectivity index (χ3v) is 5.22. The van der Waals surface area contributed by atoms with Gasteiger partial charge in [0.15, 0.2) is 0 Å². The molecule has 3 aromatic rings. The monoisotopic (exact) mass is 399 g/mol. The van der Waals surface area contributed by atoms with Crippen LogP contribution in [0.4, 0.5) is 10.2 Å². The maximum atomic E-state index is 13.1. The third-order valence-electron chi connectivity index (χ3n) is 5.22. The lowest BCUT2D eigenvalue weighted by molar-refractivity contribution is -0.389. The Hall–Kier alpha value is -3.27. The molecule has 0 amide bonds. The molecular formula is C19H18FN5O4. The molecule has 1 atom stereocenters. The molecule has 0 saturated heterocycles. The molecule has 150 valence electrons. The second-order valence-electron chi connectivity index (χ2n) is 7.68. The number of imidazole rings is 1. The van der Waals surface area contributed by atoms with Crippen molar-refractivity contribution in [3.05, 3.63) is 57.8 Å². The Morgan fingerprint density at radius 2 is 2.10 bits per heavy atom. The first-order valence-electron chi connectivity index (χ1n) is 9.26. The van der Waals surface area contributed by atoms with Gasteiger partial charge in [-0.2, -0.15) is 0 Å². The summed E-state index contributed by atoms with van der Waals surface area (Å²) in [6.07, 6.45) is 2.15. The molecule has 10 heteroatoms. The van der Waals surface area contributed by atoms with Crippen LogP contribution >= 0.6 is 0 Å². The first-order chi connectivity index (χ1) is 13.9. The van der Waals surface area contributed by atoms with Gasteiger partial charge in [0.2, 0.25) is 5.89 Å². The molecule has 29 heavy (non-hydrogen) atoms. The molecule has 4 heterocycles. The SMILES string of the molecule is C[C@]1(CN2CCc3nc(-c4ccc(F)cc4)oc3C2)Cn2cc([N+](=O)[O-])nc2O1. The number of fused-ring (bicyclic) bond motifs is 2. The summed E-state index contributed by atoms with van der Waals surface area (Å²) in [5.74, 6) is 0.782. The zero-order valence-corrected chi connectivity index (χ0v) is 15.7. The second-order valence-corrected chi connectivity index (χ2v) is 7.68. The number of hydrogen-bond donors (Lipinski definition) is 0. The molecule has 1 aromatic carbocycles. The number of halogens is 1. The molecule has 5 rings (SSSR count). The number of benzene rings is 1. The number of hydrogen-bond acceptors (Lipinski definition) is 7. The fourth-order valence-corrected chi connectivity index (χ4v) is 3.94. The van der Waals surface area contributed by atoms with Gasteiger partial charge in [0, 0.05) is 30.1 Å². The minimum Gasteiger partial charge on any atom is -0.440 e. The van der Waals surface area contributed by atoms with Crippen LogP contribution in [-0.4, -0.2) is 43.0 Å². The van der Waals surface area contributed by atoms with Crippen LogP contribution < -0.4 is 4.74 Å². The Bertz CT molecular complexity index is 1070. The van der Waals surface area contributed by atoms with Gasteiger partial charge in [0.05, 0.1) is 18.8 Å². The van der Waals surface area contributed by atoms with E-state index in [1.807, 2.05) is 6.92 Å². The summed E-state index contributed by atoms with van der Waals surface area (Å²) in [5.41, 5.74) is 1.13. The second kappa shape index (κ2) is 6.38. The highest BCUT2D eigenvalue weighted by Crippen LogP contribution is 2.33. The van der Waals surface area contributed by atoms with Crippen molar-refractivity contribution in [3.8, 4) is 17.5 Å². The number of aromatic nitrogens is 3. The van der Waals surface area contributed by atoms with Crippen molar-refractivity contribution < 1.29 is 18.5 Å². The van der Waals surface area contributed by atoms with E-state index < -0.39 is 10.5 Å². The smallest absolute Gasteiger partial charge is 0.415 e. The highest BCUT2D eigenvalue weighted by atomic mass is 19.1. The molecule has 0 bridgehead atoms. The van der Waals surface area contributed by atoms with Crippen molar-refractivity contribution in [2.45, 2.75) is 32.0 Å². The molecule has 0 saturated carbocycles. The van der Waals surface area contributed by atoms with Crippen molar-refractivity contribution in [2.24, 2.45) is 0 Å². The lowest BCUT2D eigenvalue weighted by Gasteiger charge is -2.32. The van der Waals surface area contributed by atoms with E-state index in [1.54, 1.807) is 16.7 Å². The van der Waals surface area contributed by atoms with Gasteiger partial charge >= 0.3 is 11.8 Å². The summed E-state index contributed by atoms with van der Waals surface area (Å²) in [4.78, 5) is 21.0.